The van der Waals surface area contributed by atoms with Crippen molar-refractivity contribution in [2.75, 3.05) is 0 Å². The van der Waals surface area contributed by atoms with Gasteiger partial charge in [-0.15, -0.1) is 0 Å². The molecule has 0 spiro atoms. The molecule has 3 nitrogen and oxygen atoms in total. The standard InChI is InChI=1S/C15H11Cl2NO2S/c16-12-7-5-11(6-8-12)9-18-10-15(21(17,19)20)13-3-1-2-4-14(13)18/h1-8,10H,9H2. The van der Waals surface area contributed by atoms with Crippen LogP contribution in [0.5, 0.6) is 0 Å². The van der Waals surface area contributed by atoms with Crippen LogP contribution < -0.4 is 0 Å². The first kappa shape index (κ1) is 14.4. The van der Waals surface area contributed by atoms with E-state index in [-0.39, 0.29) is 4.90 Å². The Hall–Kier alpha value is -1.49. The molecule has 0 atom stereocenters. The van der Waals surface area contributed by atoms with E-state index in [4.69, 9.17) is 22.3 Å². The molecule has 1 aromatic heterocycles. The monoisotopic (exact) mass is 339 g/mol. The van der Waals surface area contributed by atoms with Crippen LogP contribution in [0.2, 0.25) is 5.02 Å². The lowest BCUT2D eigenvalue weighted by Crippen LogP contribution is -1.97. The second-order valence-corrected chi connectivity index (χ2v) is 7.67. The average molecular weight is 340 g/mol. The minimum Gasteiger partial charge on any atom is -0.342 e. The van der Waals surface area contributed by atoms with Crippen LogP contribution in [0.4, 0.5) is 0 Å². The molecule has 0 bridgehead atoms. The molecular weight excluding hydrogens is 329 g/mol. The molecule has 6 heteroatoms. The van der Waals surface area contributed by atoms with Crippen molar-refractivity contribution in [3.05, 3.63) is 65.3 Å². The maximum Gasteiger partial charge on any atom is 0.263 e. The lowest BCUT2D eigenvalue weighted by molar-refractivity contribution is 0.610. The highest BCUT2D eigenvalue weighted by molar-refractivity contribution is 8.14. The molecule has 0 aliphatic carbocycles. The van der Waals surface area contributed by atoms with E-state index >= 15 is 0 Å². The van der Waals surface area contributed by atoms with Gasteiger partial charge in [-0.2, -0.15) is 0 Å². The van der Waals surface area contributed by atoms with Crippen LogP contribution >= 0.6 is 22.3 Å². The Kier molecular flexibility index (Phi) is 3.69. The van der Waals surface area contributed by atoms with Gasteiger partial charge >= 0.3 is 0 Å². The van der Waals surface area contributed by atoms with Crippen LogP contribution in [-0.4, -0.2) is 13.0 Å². The van der Waals surface area contributed by atoms with Gasteiger partial charge < -0.3 is 4.57 Å². The zero-order valence-electron chi connectivity index (χ0n) is 10.8. The molecule has 0 radical (unpaired) electrons. The summed E-state index contributed by atoms with van der Waals surface area (Å²) in [6, 6.07) is 14.7. The fourth-order valence-electron chi connectivity index (χ4n) is 2.32. The summed E-state index contributed by atoms with van der Waals surface area (Å²) in [7, 11) is 1.74. The van der Waals surface area contributed by atoms with E-state index in [1.807, 2.05) is 41.0 Å². The summed E-state index contributed by atoms with van der Waals surface area (Å²) in [4.78, 5) is 0.133. The third kappa shape index (κ3) is 2.93. The molecule has 0 aliphatic rings. The maximum absolute atomic E-state index is 11.7. The van der Waals surface area contributed by atoms with E-state index < -0.39 is 9.05 Å². The fourth-order valence-corrected chi connectivity index (χ4v) is 3.51. The molecule has 0 saturated heterocycles. The number of aromatic nitrogens is 1. The number of nitrogens with zero attached hydrogens (tertiary/aromatic N) is 1. The summed E-state index contributed by atoms with van der Waals surface area (Å²) >= 11 is 5.87. The summed E-state index contributed by atoms with van der Waals surface area (Å²) in [6.45, 7) is 0.546. The van der Waals surface area contributed by atoms with E-state index in [1.54, 1.807) is 18.3 Å². The number of benzene rings is 2. The molecule has 0 N–H and O–H groups in total. The molecule has 0 amide bonds. The van der Waals surface area contributed by atoms with Crippen molar-refractivity contribution in [1.29, 1.82) is 0 Å². The first-order chi connectivity index (χ1) is 9.95. The summed E-state index contributed by atoms with van der Waals surface area (Å²) in [6.07, 6.45) is 1.57. The second-order valence-electron chi connectivity index (χ2n) is 4.70. The Morgan fingerprint density at radius 2 is 1.67 bits per heavy atom. The maximum atomic E-state index is 11.7. The minimum absolute atomic E-state index is 0.133. The predicted molar refractivity (Wildman–Crippen MR) is 85.5 cm³/mol. The number of halogens is 2. The molecule has 0 fully saturated rings. The van der Waals surface area contributed by atoms with Crippen molar-refractivity contribution in [3.8, 4) is 0 Å². The highest BCUT2D eigenvalue weighted by Crippen LogP contribution is 2.28. The normalized spacial score (nSPS) is 11.9. The van der Waals surface area contributed by atoms with Crippen molar-refractivity contribution in [2.24, 2.45) is 0 Å². The van der Waals surface area contributed by atoms with Gasteiger partial charge in [-0.3, -0.25) is 0 Å². The molecule has 1 heterocycles. The molecule has 2 aromatic carbocycles. The third-order valence-corrected chi connectivity index (χ3v) is 4.88. The largest absolute Gasteiger partial charge is 0.342 e. The zero-order valence-corrected chi connectivity index (χ0v) is 13.2. The van der Waals surface area contributed by atoms with Crippen LogP contribution in [0, 0.1) is 0 Å². The zero-order chi connectivity index (χ0) is 15.0. The Morgan fingerprint density at radius 3 is 2.33 bits per heavy atom. The number of para-hydroxylation sites is 1. The van der Waals surface area contributed by atoms with Crippen molar-refractivity contribution >= 4 is 42.2 Å². The number of hydrogen-bond donors (Lipinski definition) is 0. The first-order valence-corrected chi connectivity index (χ1v) is 8.91. The quantitative estimate of drug-likeness (QED) is 0.668. The summed E-state index contributed by atoms with van der Waals surface area (Å²) in [5, 5.41) is 1.29. The van der Waals surface area contributed by atoms with Crippen LogP contribution in [0.1, 0.15) is 5.56 Å². The smallest absolute Gasteiger partial charge is 0.263 e. The Labute approximate surface area is 132 Å². The Balaban J connectivity index is 2.13. The van der Waals surface area contributed by atoms with Gasteiger partial charge in [-0.1, -0.05) is 41.9 Å². The van der Waals surface area contributed by atoms with E-state index in [0.717, 1.165) is 11.1 Å². The minimum atomic E-state index is -3.78. The lowest BCUT2D eigenvalue weighted by Gasteiger charge is -2.05. The third-order valence-electron chi connectivity index (χ3n) is 3.28. The molecule has 21 heavy (non-hydrogen) atoms. The van der Waals surface area contributed by atoms with Gasteiger partial charge in [-0.25, -0.2) is 8.42 Å². The van der Waals surface area contributed by atoms with E-state index in [1.165, 1.54) is 0 Å². The molecule has 108 valence electrons. The van der Waals surface area contributed by atoms with Crippen LogP contribution in [0.3, 0.4) is 0 Å². The molecule has 0 aliphatic heterocycles. The topological polar surface area (TPSA) is 39.1 Å². The van der Waals surface area contributed by atoms with Crippen molar-refractivity contribution in [1.82, 2.24) is 4.57 Å². The molecule has 0 saturated carbocycles. The van der Waals surface area contributed by atoms with Crippen LogP contribution in [-0.2, 0) is 15.6 Å². The van der Waals surface area contributed by atoms with Gasteiger partial charge in [-0.05, 0) is 23.8 Å². The number of rotatable bonds is 3. The first-order valence-electron chi connectivity index (χ1n) is 6.22. The number of fused-ring (bicyclic) bond motifs is 1. The molecule has 3 aromatic rings. The highest BCUT2D eigenvalue weighted by atomic mass is 35.7. The van der Waals surface area contributed by atoms with E-state index in [2.05, 4.69) is 0 Å². The second kappa shape index (κ2) is 5.37. The van der Waals surface area contributed by atoms with Crippen molar-refractivity contribution < 1.29 is 8.42 Å². The van der Waals surface area contributed by atoms with Crippen molar-refractivity contribution in [3.63, 3.8) is 0 Å². The summed E-state index contributed by atoms with van der Waals surface area (Å²) in [5.41, 5.74) is 1.85. The van der Waals surface area contributed by atoms with Gasteiger partial charge in [0.15, 0.2) is 0 Å². The highest BCUT2D eigenvalue weighted by Gasteiger charge is 2.18. The number of hydrogen-bond acceptors (Lipinski definition) is 2. The van der Waals surface area contributed by atoms with E-state index in [9.17, 15) is 8.42 Å². The molecule has 3 rings (SSSR count). The van der Waals surface area contributed by atoms with Crippen LogP contribution in [0.15, 0.2) is 59.6 Å². The van der Waals surface area contributed by atoms with Gasteiger partial charge in [0.25, 0.3) is 9.05 Å². The summed E-state index contributed by atoms with van der Waals surface area (Å²) < 4.78 is 25.3. The Bertz CT molecular complexity index is 899. The molecular formula is C15H11Cl2NO2S. The van der Waals surface area contributed by atoms with Crippen molar-refractivity contribution in [2.45, 2.75) is 11.4 Å². The fraction of sp³-hybridized carbons (Fsp3) is 0.0667. The van der Waals surface area contributed by atoms with Gasteiger partial charge in [0.1, 0.15) is 4.90 Å². The SMILES string of the molecule is O=S(=O)(Cl)c1cn(Cc2ccc(Cl)cc2)c2ccccc12. The van der Waals surface area contributed by atoms with E-state index in [0.29, 0.717) is 17.0 Å². The summed E-state index contributed by atoms with van der Waals surface area (Å²) in [5.74, 6) is 0. The average Bonchev–Trinajstić information content (AvgIpc) is 2.81. The van der Waals surface area contributed by atoms with Gasteiger partial charge in [0.2, 0.25) is 0 Å². The predicted octanol–water partition coefficient (Wildman–Crippen LogP) is 4.27. The Morgan fingerprint density at radius 1 is 1.00 bits per heavy atom. The van der Waals surface area contributed by atoms with Gasteiger partial charge in [0.05, 0.1) is 0 Å². The van der Waals surface area contributed by atoms with Crippen LogP contribution in [0.25, 0.3) is 10.9 Å². The molecule has 0 unspecified atom stereocenters. The lowest BCUT2D eigenvalue weighted by atomic mass is 10.2. The van der Waals surface area contributed by atoms with Gasteiger partial charge in [0, 0.05) is 39.3 Å².